The second-order valence-corrected chi connectivity index (χ2v) is 8.85. The summed E-state index contributed by atoms with van der Waals surface area (Å²) in [6.45, 7) is 6.54. The predicted molar refractivity (Wildman–Crippen MR) is 101 cm³/mol. The first-order valence-corrected chi connectivity index (χ1v) is 10.1. The van der Waals surface area contributed by atoms with Crippen molar-refractivity contribution in [2.45, 2.75) is 45.3 Å². The van der Waals surface area contributed by atoms with Crippen molar-refractivity contribution in [2.24, 2.45) is 10.1 Å². The molecule has 1 fully saturated rings. The van der Waals surface area contributed by atoms with Gasteiger partial charge < -0.3 is 20.1 Å². The Morgan fingerprint density at radius 3 is 2.59 bits per heavy atom. The van der Waals surface area contributed by atoms with Crippen LogP contribution in [0.15, 0.2) is 22.6 Å². The molecule has 3 N–H and O–H groups in total. The highest BCUT2D eigenvalue weighted by Crippen LogP contribution is 2.32. The van der Waals surface area contributed by atoms with Gasteiger partial charge in [-0.1, -0.05) is 6.07 Å². The molecule has 1 amide bonds. The predicted octanol–water partition coefficient (Wildman–Crippen LogP) is 1.84. The summed E-state index contributed by atoms with van der Waals surface area (Å²) in [5, 5.41) is 0. The summed E-state index contributed by atoms with van der Waals surface area (Å²) in [5.74, 6) is 0.359. The zero-order valence-corrected chi connectivity index (χ0v) is 16.4. The summed E-state index contributed by atoms with van der Waals surface area (Å²) >= 11 is 0. The molecule has 2 aliphatic heterocycles. The van der Waals surface area contributed by atoms with Gasteiger partial charge in [0.15, 0.2) is 5.84 Å². The van der Waals surface area contributed by atoms with E-state index in [0.29, 0.717) is 42.9 Å². The molecular weight excluding hydrogens is 372 g/mol. The molecule has 148 valence electrons. The van der Waals surface area contributed by atoms with Crippen LogP contribution in [0.1, 0.15) is 39.2 Å². The van der Waals surface area contributed by atoms with Gasteiger partial charge in [0, 0.05) is 25.9 Å². The molecule has 2 aliphatic rings. The van der Waals surface area contributed by atoms with Crippen LogP contribution in [-0.2, 0) is 14.9 Å². The second kappa shape index (κ2) is 6.91. The van der Waals surface area contributed by atoms with Crippen molar-refractivity contribution in [3.63, 3.8) is 0 Å². The zero-order chi connectivity index (χ0) is 19.8. The molecule has 0 bridgehead atoms. The van der Waals surface area contributed by atoms with Crippen molar-refractivity contribution >= 4 is 27.8 Å². The van der Waals surface area contributed by atoms with E-state index in [0.717, 1.165) is 0 Å². The molecule has 0 saturated carbocycles. The molecular formula is C17H24N4O5S. The number of rotatable bonds is 2. The second-order valence-electron chi connectivity index (χ2n) is 7.52. The van der Waals surface area contributed by atoms with E-state index >= 15 is 0 Å². The highest BCUT2D eigenvalue weighted by molar-refractivity contribution is 7.91. The normalized spacial score (nSPS) is 19.5. The lowest BCUT2D eigenvalue weighted by molar-refractivity contribution is 0.0126. The number of ether oxygens (including phenoxy) is 2. The average Bonchev–Trinajstić information content (AvgIpc) is 2.52. The first-order chi connectivity index (χ1) is 12.5. The van der Waals surface area contributed by atoms with Gasteiger partial charge in [0.2, 0.25) is 0 Å². The summed E-state index contributed by atoms with van der Waals surface area (Å²) in [5.41, 5.74) is 6.07. The van der Waals surface area contributed by atoms with Gasteiger partial charge in [-0.2, -0.15) is 8.42 Å². The quantitative estimate of drug-likeness (QED) is 0.786. The molecule has 1 aromatic carbocycles. The molecule has 1 aromatic rings. The maximum atomic E-state index is 12.1. The molecule has 0 aromatic heterocycles. The minimum Gasteiger partial charge on any atom is -0.489 e. The number of nitrogens with two attached hydrogens (primary N) is 1. The van der Waals surface area contributed by atoms with E-state index in [-0.39, 0.29) is 18.0 Å². The Morgan fingerprint density at radius 1 is 1.30 bits per heavy atom. The van der Waals surface area contributed by atoms with Crippen LogP contribution in [0.5, 0.6) is 5.75 Å². The third-order valence-corrected chi connectivity index (χ3v) is 5.04. The number of likely N-dealkylation sites (tertiary alicyclic amines) is 1. The number of anilines is 1. The Labute approximate surface area is 158 Å². The van der Waals surface area contributed by atoms with Crippen LogP contribution in [0.3, 0.4) is 0 Å². The van der Waals surface area contributed by atoms with Crippen molar-refractivity contribution in [2.75, 3.05) is 17.8 Å². The molecule has 0 atom stereocenters. The fraction of sp³-hybridized carbons (Fsp3) is 0.529. The van der Waals surface area contributed by atoms with E-state index in [4.69, 9.17) is 15.2 Å². The Bertz CT molecular complexity index is 868. The number of benzene rings is 1. The molecule has 1 saturated heterocycles. The molecule has 9 nitrogen and oxygen atoms in total. The van der Waals surface area contributed by atoms with Gasteiger partial charge in [0.05, 0.1) is 11.3 Å². The summed E-state index contributed by atoms with van der Waals surface area (Å²) in [7, 11) is -3.83. The van der Waals surface area contributed by atoms with E-state index in [1.54, 1.807) is 23.1 Å². The monoisotopic (exact) mass is 396 g/mol. The molecule has 0 radical (unpaired) electrons. The van der Waals surface area contributed by atoms with Crippen LogP contribution < -0.4 is 15.2 Å². The Kier molecular flexibility index (Phi) is 4.94. The summed E-state index contributed by atoms with van der Waals surface area (Å²) in [6, 6.07) is 5.01. The van der Waals surface area contributed by atoms with Gasteiger partial charge in [0.25, 0.3) is 0 Å². The number of nitrogens with one attached hydrogen (secondary N) is 1. The third-order valence-electron chi connectivity index (χ3n) is 4.13. The fourth-order valence-electron chi connectivity index (χ4n) is 2.98. The van der Waals surface area contributed by atoms with E-state index < -0.39 is 15.8 Å². The first-order valence-electron chi connectivity index (χ1n) is 8.70. The van der Waals surface area contributed by atoms with Crippen molar-refractivity contribution in [1.29, 1.82) is 0 Å². The molecule has 3 rings (SSSR count). The number of nitrogens with zero attached hydrogens (tertiary/aromatic N) is 2. The van der Waals surface area contributed by atoms with Gasteiger partial charge in [0.1, 0.15) is 17.5 Å². The highest BCUT2D eigenvalue weighted by atomic mass is 32.2. The minimum absolute atomic E-state index is 0.106. The number of carbonyl (C=O) groups excluding carboxylic acids is 1. The first kappa shape index (κ1) is 19.3. The average molecular weight is 396 g/mol. The number of hydrogen-bond acceptors (Lipinski definition) is 6. The van der Waals surface area contributed by atoms with E-state index in [9.17, 15) is 13.2 Å². The standard InChI is InChI=1S/C17H24N4O5S/c1-17(2,3)26-16(22)21-9-7-11(8-10-21)25-13-6-4-5-12-14(13)15(18)20-27(23,24)19-12/h4-6,11,19H,7-10H2,1-3H3,(H2,18,20). The third kappa shape index (κ3) is 4.62. The van der Waals surface area contributed by atoms with Gasteiger partial charge in [-0.3, -0.25) is 4.72 Å². The van der Waals surface area contributed by atoms with Crippen LogP contribution in [0.2, 0.25) is 0 Å². The Morgan fingerprint density at radius 2 is 1.96 bits per heavy atom. The number of amidine groups is 1. The maximum Gasteiger partial charge on any atom is 0.410 e. The number of fused-ring (bicyclic) bond motifs is 1. The van der Waals surface area contributed by atoms with Crippen LogP contribution in [0.25, 0.3) is 0 Å². The minimum atomic E-state index is -3.83. The van der Waals surface area contributed by atoms with Crippen molar-refractivity contribution < 1.29 is 22.7 Å². The number of piperidine rings is 1. The largest absolute Gasteiger partial charge is 0.489 e. The topological polar surface area (TPSA) is 123 Å². The number of hydrogen-bond donors (Lipinski definition) is 2. The summed E-state index contributed by atoms with van der Waals surface area (Å²) < 4.78 is 40.6. The van der Waals surface area contributed by atoms with Gasteiger partial charge in [-0.15, -0.1) is 4.40 Å². The van der Waals surface area contributed by atoms with Gasteiger partial charge in [-0.25, -0.2) is 4.79 Å². The fourth-order valence-corrected chi connectivity index (χ4v) is 3.82. The number of amides is 1. The lowest BCUT2D eigenvalue weighted by atomic mass is 10.1. The Hall–Kier alpha value is -2.49. The summed E-state index contributed by atoms with van der Waals surface area (Å²) in [6.07, 6.45) is 0.808. The van der Waals surface area contributed by atoms with E-state index in [1.807, 2.05) is 20.8 Å². The Balaban J connectivity index is 1.67. The lowest BCUT2D eigenvalue weighted by Crippen LogP contribution is -2.44. The number of carbonyl (C=O) groups is 1. The molecule has 2 heterocycles. The smallest absolute Gasteiger partial charge is 0.410 e. The van der Waals surface area contributed by atoms with Crippen molar-refractivity contribution in [3.05, 3.63) is 23.8 Å². The summed E-state index contributed by atoms with van der Waals surface area (Å²) in [4.78, 5) is 13.8. The van der Waals surface area contributed by atoms with E-state index in [1.165, 1.54) is 0 Å². The van der Waals surface area contributed by atoms with Crippen LogP contribution in [-0.4, -0.2) is 50.0 Å². The molecule has 0 spiro atoms. The molecule has 0 unspecified atom stereocenters. The van der Waals surface area contributed by atoms with E-state index in [2.05, 4.69) is 9.12 Å². The highest BCUT2D eigenvalue weighted by Gasteiger charge is 2.29. The molecule has 0 aliphatic carbocycles. The molecule has 27 heavy (non-hydrogen) atoms. The van der Waals surface area contributed by atoms with Crippen molar-refractivity contribution in [1.82, 2.24) is 4.90 Å². The lowest BCUT2D eigenvalue weighted by Gasteiger charge is -2.34. The van der Waals surface area contributed by atoms with Gasteiger partial charge in [-0.05, 0) is 32.9 Å². The maximum absolute atomic E-state index is 12.1. The zero-order valence-electron chi connectivity index (χ0n) is 15.6. The molecule has 10 heteroatoms. The van der Waals surface area contributed by atoms with Crippen LogP contribution >= 0.6 is 0 Å². The van der Waals surface area contributed by atoms with Crippen molar-refractivity contribution in [3.8, 4) is 5.75 Å². The van der Waals surface area contributed by atoms with Gasteiger partial charge >= 0.3 is 16.3 Å². The van der Waals surface area contributed by atoms with Crippen LogP contribution in [0.4, 0.5) is 10.5 Å². The SMILES string of the molecule is CC(C)(C)OC(=O)N1CCC(Oc2cccc3c2C(N)=NS(=O)(=O)N3)CC1. The van der Waals surface area contributed by atoms with Crippen LogP contribution in [0, 0.1) is 0 Å².